The Labute approximate surface area is 241 Å². The lowest BCUT2D eigenvalue weighted by molar-refractivity contribution is -0.122. The molecule has 0 fully saturated rings. The average molecular weight is 586 g/mol. The first-order chi connectivity index (χ1) is 19.4. The number of hydrogen-bond donors (Lipinski definition) is 3. The van der Waals surface area contributed by atoms with Gasteiger partial charge in [-0.25, -0.2) is 4.39 Å². The molecule has 0 aliphatic rings. The molecule has 1 unspecified atom stereocenters. The van der Waals surface area contributed by atoms with Crippen LogP contribution in [0.3, 0.4) is 0 Å². The van der Waals surface area contributed by atoms with Gasteiger partial charge in [0.15, 0.2) is 10.9 Å². The Morgan fingerprint density at radius 2 is 1.45 bits per heavy atom. The second kappa shape index (κ2) is 16.2. The number of thiocarbonyl (C=S) groups is 1. The molecule has 2 atom stereocenters. The highest BCUT2D eigenvalue weighted by Crippen LogP contribution is 2.59. The minimum Gasteiger partial charge on any atom is -0.351 e. The van der Waals surface area contributed by atoms with Gasteiger partial charge < -0.3 is 25.0 Å². The van der Waals surface area contributed by atoms with Crippen LogP contribution in [0, 0.1) is 5.82 Å². The Hall–Kier alpha value is -3.10. The summed E-state index contributed by atoms with van der Waals surface area (Å²) in [5.74, 6) is -1.65. The smallest absolute Gasteiger partial charge is 0.351 e. The molecule has 3 aromatic carbocycles. The number of halogens is 1. The maximum absolute atomic E-state index is 14.1. The molecule has 3 rings (SSSR count). The number of amides is 1. The first-order valence-electron chi connectivity index (χ1n) is 13.4. The molecule has 7 nitrogen and oxygen atoms in total. The molecule has 0 saturated carbocycles. The number of nitrogens with one attached hydrogen (secondary N) is 3. The maximum atomic E-state index is 14.1. The van der Waals surface area contributed by atoms with Crippen LogP contribution in [-0.2, 0) is 31.4 Å². The molecular formula is C30H37FN3O4PS. The van der Waals surface area contributed by atoms with E-state index >= 15 is 0 Å². The summed E-state index contributed by atoms with van der Waals surface area (Å²) in [6.07, 6.45) is 1.63. The van der Waals surface area contributed by atoms with Gasteiger partial charge in [0.2, 0.25) is 5.91 Å². The molecule has 40 heavy (non-hydrogen) atoms. The van der Waals surface area contributed by atoms with Crippen molar-refractivity contribution in [3.63, 3.8) is 0 Å². The second-order valence-electron chi connectivity index (χ2n) is 9.19. The van der Waals surface area contributed by atoms with Crippen molar-refractivity contribution in [1.29, 1.82) is 0 Å². The lowest BCUT2D eigenvalue weighted by Crippen LogP contribution is -2.51. The normalized spacial score (nSPS) is 12.8. The zero-order valence-corrected chi connectivity index (χ0v) is 24.6. The molecule has 0 heterocycles. The summed E-state index contributed by atoms with van der Waals surface area (Å²) in [5, 5.41) is 9.11. The summed E-state index contributed by atoms with van der Waals surface area (Å²) in [6, 6.07) is 24.1. The Balaban J connectivity index is 1.82. The van der Waals surface area contributed by atoms with E-state index in [0.717, 1.165) is 5.56 Å². The van der Waals surface area contributed by atoms with Crippen LogP contribution in [0.15, 0.2) is 84.9 Å². The van der Waals surface area contributed by atoms with Gasteiger partial charge in [0.05, 0.1) is 13.2 Å². The first kappa shape index (κ1) is 31.4. The van der Waals surface area contributed by atoms with E-state index in [0.29, 0.717) is 30.4 Å². The maximum Gasteiger partial charge on any atom is 0.357 e. The van der Waals surface area contributed by atoms with Gasteiger partial charge in [-0.05, 0) is 42.3 Å². The van der Waals surface area contributed by atoms with Crippen molar-refractivity contribution in [2.45, 2.75) is 51.5 Å². The molecule has 1 amide bonds. The lowest BCUT2D eigenvalue weighted by Gasteiger charge is -2.30. The third-order valence-electron chi connectivity index (χ3n) is 5.97. The molecule has 0 bridgehead atoms. The zero-order valence-electron chi connectivity index (χ0n) is 22.8. The van der Waals surface area contributed by atoms with Crippen molar-refractivity contribution >= 4 is 30.8 Å². The summed E-state index contributed by atoms with van der Waals surface area (Å²) in [6.45, 7) is 4.38. The molecule has 0 aliphatic heterocycles. The summed E-state index contributed by atoms with van der Waals surface area (Å²) in [5.41, 5.74) is 1.96. The number of carbonyl (C=O) groups is 1. The molecule has 0 aromatic heterocycles. The quantitative estimate of drug-likeness (QED) is 0.143. The topological polar surface area (TPSA) is 88.7 Å². The first-order valence-corrected chi connectivity index (χ1v) is 15.4. The predicted molar refractivity (Wildman–Crippen MR) is 160 cm³/mol. The predicted octanol–water partition coefficient (Wildman–Crippen LogP) is 6.26. The molecule has 3 aromatic rings. The van der Waals surface area contributed by atoms with Crippen molar-refractivity contribution in [3.05, 3.63) is 107 Å². The van der Waals surface area contributed by atoms with Gasteiger partial charge in [-0.15, -0.1) is 0 Å². The molecule has 0 aliphatic carbocycles. The fraction of sp³-hybridized carbons (Fsp3) is 0.333. The van der Waals surface area contributed by atoms with E-state index in [4.69, 9.17) is 21.3 Å². The van der Waals surface area contributed by atoms with Crippen LogP contribution in [-0.4, -0.2) is 30.3 Å². The summed E-state index contributed by atoms with van der Waals surface area (Å²) >= 11 is 5.64. The van der Waals surface area contributed by atoms with Gasteiger partial charge >= 0.3 is 7.60 Å². The number of rotatable bonds is 15. The Kier molecular flexibility index (Phi) is 12.8. The fourth-order valence-corrected chi connectivity index (χ4v) is 6.35. The second-order valence-corrected chi connectivity index (χ2v) is 11.7. The van der Waals surface area contributed by atoms with Gasteiger partial charge in [0.25, 0.3) is 0 Å². The van der Waals surface area contributed by atoms with Crippen molar-refractivity contribution in [2.75, 3.05) is 13.2 Å². The summed E-state index contributed by atoms with van der Waals surface area (Å²) < 4.78 is 39.8. The van der Waals surface area contributed by atoms with E-state index in [1.54, 1.807) is 18.2 Å². The summed E-state index contributed by atoms with van der Waals surface area (Å²) in [7, 11) is -3.71. The molecule has 214 valence electrons. The Morgan fingerprint density at radius 3 is 2.05 bits per heavy atom. The third kappa shape index (κ3) is 9.52. The molecule has 0 spiro atoms. The van der Waals surface area contributed by atoms with Gasteiger partial charge in [-0.2, -0.15) is 0 Å². The van der Waals surface area contributed by atoms with Gasteiger partial charge in [-0.1, -0.05) is 92.7 Å². The molecule has 3 N–H and O–H groups in total. The van der Waals surface area contributed by atoms with Crippen molar-refractivity contribution < 1.29 is 22.8 Å². The van der Waals surface area contributed by atoms with Crippen LogP contribution >= 0.6 is 19.8 Å². The third-order valence-corrected chi connectivity index (χ3v) is 8.35. The number of hydrogen-bond acceptors (Lipinski definition) is 5. The lowest BCUT2D eigenvalue weighted by atomic mass is 10.1. The molecular weight excluding hydrogens is 548 g/mol. The van der Waals surface area contributed by atoms with E-state index in [1.165, 1.54) is 6.07 Å². The molecule has 0 radical (unpaired) electrons. The fourth-order valence-electron chi connectivity index (χ4n) is 3.93. The average Bonchev–Trinajstić information content (AvgIpc) is 2.98. The van der Waals surface area contributed by atoms with Crippen LogP contribution in [0.25, 0.3) is 0 Å². The Bertz CT molecular complexity index is 1250. The van der Waals surface area contributed by atoms with E-state index < -0.39 is 25.2 Å². The Morgan fingerprint density at radius 1 is 0.875 bits per heavy atom. The van der Waals surface area contributed by atoms with Crippen LogP contribution in [0.4, 0.5) is 4.39 Å². The van der Waals surface area contributed by atoms with E-state index in [-0.39, 0.29) is 30.8 Å². The van der Waals surface area contributed by atoms with E-state index in [9.17, 15) is 13.8 Å². The van der Waals surface area contributed by atoms with Gasteiger partial charge in [0.1, 0.15) is 11.9 Å². The van der Waals surface area contributed by atoms with Crippen LogP contribution in [0.2, 0.25) is 0 Å². The van der Waals surface area contributed by atoms with Crippen molar-refractivity contribution in [1.82, 2.24) is 16.0 Å². The highest BCUT2D eigenvalue weighted by molar-refractivity contribution is 7.80. The van der Waals surface area contributed by atoms with Gasteiger partial charge in [-0.3, -0.25) is 9.36 Å². The van der Waals surface area contributed by atoms with E-state index in [1.807, 2.05) is 74.5 Å². The standard InChI is InChI=1S/C30H37FN3O4PS/c1-3-19-37-39(36,38-20-4-2)29(24-15-9-6-10-16-24)34-30(40)33-27(21-23-13-7-5-8-14-23)28(35)32-22-25-17-11-12-18-26(25)31/h5-18,27,29H,3-4,19-22H2,1-2H3,(H,32,35)(H2,33,34,40)/t27-,29?/m1/s1. The zero-order chi connectivity index (χ0) is 28.8. The minimum atomic E-state index is -3.71. The van der Waals surface area contributed by atoms with E-state index in [2.05, 4.69) is 16.0 Å². The summed E-state index contributed by atoms with van der Waals surface area (Å²) in [4.78, 5) is 13.3. The van der Waals surface area contributed by atoms with Crippen LogP contribution in [0.5, 0.6) is 0 Å². The van der Waals surface area contributed by atoms with Crippen LogP contribution < -0.4 is 16.0 Å². The van der Waals surface area contributed by atoms with Crippen molar-refractivity contribution in [3.8, 4) is 0 Å². The largest absolute Gasteiger partial charge is 0.357 e. The SMILES string of the molecule is CCCOP(=O)(OCCC)C(NC(=S)N[C@H](Cc1ccccc1)C(=O)NCc1ccccc1F)c1ccccc1. The number of carbonyl (C=O) groups excluding carboxylic acids is 1. The minimum absolute atomic E-state index is 0.0240. The highest BCUT2D eigenvalue weighted by Gasteiger charge is 2.38. The van der Waals surface area contributed by atoms with Gasteiger partial charge in [0, 0.05) is 18.5 Å². The van der Waals surface area contributed by atoms with Crippen LogP contribution in [0.1, 0.15) is 49.2 Å². The molecule has 0 saturated heterocycles. The highest BCUT2D eigenvalue weighted by atomic mass is 32.1. The van der Waals surface area contributed by atoms with Crippen molar-refractivity contribution in [2.24, 2.45) is 0 Å². The number of benzene rings is 3. The monoisotopic (exact) mass is 585 g/mol. The molecule has 10 heteroatoms.